The average Bonchev–Trinajstić information content (AvgIpc) is 3.57. The van der Waals surface area contributed by atoms with Gasteiger partial charge in [0.1, 0.15) is 0 Å². The quantitative estimate of drug-likeness (QED) is 0.345. The van der Waals surface area contributed by atoms with E-state index < -0.39 is 5.97 Å². The first-order chi connectivity index (χ1) is 16.1. The zero-order valence-electron chi connectivity index (χ0n) is 18.2. The Hall–Kier alpha value is -3.78. The van der Waals surface area contributed by atoms with Gasteiger partial charge in [-0.25, -0.2) is 4.79 Å². The molecule has 3 aromatic heterocycles. The van der Waals surface area contributed by atoms with Gasteiger partial charge >= 0.3 is 5.97 Å². The molecule has 0 bridgehead atoms. The third-order valence-electron chi connectivity index (χ3n) is 5.90. The number of benzene rings is 2. The highest BCUT2D eigenvalue weighted by Crippen LogP contribution is 2.37. The van der Waals surface area contributed by atoms with Crippen molar-refractivity contribution in [3.8, 4) is 10.6 Å². The summed E-state index contributed by atoms with van der Waals surface area (Å²) in [6, 6.07) is 18.2. The fraction of sp³-hybridized carbons (Fsp3) is 0.200. The van der Waals surface area contributed by atoms with Gasteiger partial charge < -0.3 is 9.67 Å². The summed E-state index contributed by atoms with van der Waals surface area (Å²) in [7, 11) is 0. The minimum absolute atomic E-state index is 0.298. The number of tetrazole rings is 1. The van der Waals surface area contributed by atoms with Crippen molar-refractivity contribution in [2.24, 2.45) is 0 Å². The Morgan fingerprint density at radius 1 is 1.09 bits per heavy atom. The highest BCUT2D eigenvalue weighted by molar-refractivity contribution is 7.13. The molecule has 8 heteroatoms. The van der Waals surface area contributed by atoms with Gasteiger partial charge in [-0.15, -0.1) is 21.5 Å². The van der Waals surface area contributed by atoms with Gasteiger partial charge in [0.15, 0.2) is 5.82 Å². The van der Waals surface area contributed by atoms with Gasteiger partial charge in [-0.1, -0.05) is 41.1 Å². The van der Waals surface area contributed by atoms with Crippen LogP contribution in [0, 0.1) is 6.92 Å². The summed E-state index contributed by atoms with van der Waals surface area (Å²) in [6.07, 6.45) is 2.31. The molecule has 0 unspecified atom stereocenters. The minimum atomic E-state index is -0.918. The second kappa shape index (κ2) is 8.99. The molecule has 33 heavy (non-hydrogen) atoms. The van der Waals surface area contributed by atoms with Gasteiger partial charge in [0, 0.05) is 23.9 Å². The predicted molar refractivity (Wildman–Crippen MR) is 129 cm³/mol. The van der Waals surface area contributed by atoms with E-state index in [0.717, 1.165) is 34.3 Å². The van der Waals surface area contributed by atoms with E-state index >= 15 is 0 Å². The van der Waals surface area contributed by atoms with Crippen LogP contribution in [0.15, 0.2) is 60.0 Å². The molecule has 166 valence electrons. The number of aromatic carboxylic acids is 1. The Morgan fingerprint density at radius 2 is 1.94 bits per heavy atom. The van der Waals surface area contributed by atoms with Gasteiger partial charge in [0.25, 0.3) is 0 Å². The number of carboxylic acids is 1. The largest absolute Gasteiger partial charge is 0.478 e. The number of hydrogen-bond donors (Lipinski definition) is 2. The third kappa shape index (κ3) is 4.29. The third-order valence-corrected chi connectivity index (χ3v) is 6.78. The average molecular weight is 458 g/mol. The van der Waals surface area contributed by atoms with Crippen LogP contribution in [-0.2, 0) is 25.8 Å². The summed E-state index contributed by atoms with van der Waals surface area (Å²) in [6.45, 7) is 2.75. The normalized spacial score (nSPS) is 11.3. The Labute approximate surface area is 194 Å². The molecule has 0 spiro atoms. The number of nitrogens with one attached hydrogen (secondary N) is 1. The Kier molecular flexibility index (Phi) is 5.75. The lowest BCUT2D eigenvalue weighted by molar-refractivity contribution is 0.0697. The number of carbonyl (C=O) groups is 1. The Balaban J connectivity index is 1.64. The fourth-order valence-corrected chi connectivity index (χ4v) is 5.07. The number of thiophene rings is 1. The molecule has 2 aromatic carbocycles. The molecule has 0 saturated carbocycles. The first-order valence-electron chi connectivity index (χ1n) is 10.8. The van der Waals surface area contributed by atoms with Crippen LogP contribution < -0.4 is 0 Å². The first kappa shape index (κ1) is 21.1. The van der Waals surface area contributed by atoms with Crippen LogP contribution in [0.25, 0.3) is 21.5 Å². The van der Waals surface area contributed by atoms with E-state index in [0.29, 0.717) is 24.4 Å². The van der Waals surface area contributed by atoms with E-state index in [1.807, 2.05) is 18.2 Å². The van der Waals surface area contributed by atoms with Gasteiger partial charge in [0.2, 0.25) is 0 Å². The Morgan fingerprint density at radius 3 is 2.64 bits per heavy atom. The topological polar surface area (TPSA) is 96.7 Å². The van der Waals surface area contributed by atoms with E-state index in [-0.39, 0.29) is 0 Å². The number of rotatable bonds is 8. The maximum Gasteiger partial charge on any atom is 0.335 e. The smallest absolute Gasteiger partial charge is 0.335 e. The van der Waals surface area contributed by atoms with E-state index in [1.165, 1.54) is 16.7 Å². The summed E-state index contributed by atoms with van der Waals surface area (Å²) in [4.78, 5) is 12.9. The predicted octanol–water partition coefficient (Wildman–Crippen LogP) is 4.92. The molecule has 5 rings (SSSR count). The van der Waals surface area contributed by atoms with Crippen molar-refractivity contribution < 1.29 is 9.90 Å². The molecule has 0 fully saturated rings. The van der Waals surface area contributed by atoms with Gasteiger partial charge in [-0.2, -0.15) is 5.21 Å². The lowest BCUT2D eigenvalue weighted by Crippen LogP contribution is -2.05. The molecule has 0 aliphatic rings. The first-order valence-corrected chi connectivity index (χ1v) is 11.7. The number of aryl methyl sites for hydroxylation is 5. The van der Waals surface area contributed by atoms with E-state index in [1.54, 1.807) is 17.4 Å². The van der Waals surface area contributed by atoms with Crippen LogP contribution in [0.5, 0.6) is 0 Å². The Bertz CT molecular complexity index is 1390. The minimum Gasteiger partial charge on any atom is -0.478 e. The van der Waals surface area contributed by atoms with Crippen LogP contribution in [0.1, 0.15) is 32.9 Å². The van der Waals surface area contributed by atoms with Crippen LogP contribution in [0.2, 0.25) is 0 Å². The van der Waals surface area contributed by atoms with Crippen molar-refractivity contribution in [3.63, 3.8) is 0 Å². The maximum atomic E-state index is 11.7. The number of nitrogens with zero attached hydrogens (tertiary/aromatic N) is 4. The van der Waals surface area contributed by atoms with Gasteiger partial charge in [0.05, 0.1) is 16.1 Å². The standard InChI is InChI=1S/C25H23N5O2S/c1-16-4-6-17(7-5-16)8-10-19-20-15-18(25(31)32)9-11-21(20)30(13-12-23-26-28-29-27-23)24(19)22-3-2-14-33-22/h2-7,9,11,14-15H,8,10,12-13H2,1H3,(H,31,32)(H,26,27,28,29). The second-order valence-corrected chi connectivity index (χ2v) is 9.00. The number of aromatic nitrogens is 5. The molecule has 3 heterocycles. The van der Waals surface area contributed by atoms with Gasteiger partial charge in [-0.05, 0) is 60.5 Å². The van der Waals surface area contributed by atoms with Crippen molar-refractivity contribution in [1.82, 2.24) is 25.2 Å². The molecule has 7 nitrogen and oxygen atoms in total. The van der Waals surface area contributed by atoms with Crippen LogP contribution >= 0.6 is 11.3 Å². The van der Waals surface area contributed by atoms with Crippen molar-refractivity contribution in [1.29, 1.82) is 0 Å². The second-order valence-electron chi connectivity index (χ2n) is 8.06. The summed E-state index contributed by atoms with van der Waals surface area (Å²) in [5, 5.41) is 27.0. The number of carboxylic acid groups (broad SMARTS) is 1. The lowest BCUT2D eigenvalue weighted by atomic mass is 9.99. The molecule has 0 aliphatic carbocycles. The molecule has 0 aliphatic heterocycles. The van der Waals surface area contributed by atoms with Crippen molar-refractivity contribution >= 4 is 28.2 Å². The number of hydrogen-bond acceptors (Lipinski definition) is 5. The maximum absolute atomic E-state index is 11.7. The molecule has 0 saturated heterocycles. The monoisotopic (exact) mass is 457 g/mol. The van der Waals surface area contributed by atoms with Gasteiger partial charge in [-0.3, -0.25) is 0 Å². The summed E-state index contributed by atoms with van der Waals surface area (Å²) < 4.78 is 2.27. The van der Waals surface area contributed by atoms with Crippen LogP contribution in [-0.4, -0.2) is 36.3 Å². The summed E-state index contributed by atoms with van der Waals surface area (Å²) in [5.41, 5.74) is 6.13. The molecular weight excluding hydrogens is 434 g/mol. The lowest BCUT2D eigenvalue weighted by Gasteiger charge is -2.11. The highest BCUT2D eigenvalue weighted by Gasteiger charge is 2.21. The van der Waals surface area contributed by atoms with Crippen LogP contribution in [0.4, 0.5) is 0 Å². The zero-order valence-corrected chi connectivity index (χ0v) is 19.0. The molecule has 0 atom stereocenters. The van der Waals surface area contributed by atoms with E-state index in [9.17, 15) is 9.90 Å². The SMILES string of the molecule is Cc1ccc(CCc2c(-c3cccs3)n(CCc3nn[nH]n3)c3ccc(C(=O)O)cc23)cc1. The number of H-pyrrole nitrogens is 1. The zero-order chi connectivity index (χ0) is 22.8. The number of fused-ring (bicyclic) bond motifs is 1. The summed E-state index contributed by atoms with van der Waals surface area (Å²) in [5.74, 6) is -0.268. The van der Waals surface area contributed by atoms with Crippen molar-refractivity contribution in [2.45, 2.75) is 32.7 Å². The van der Waals surface area contributed by atoms with Crippen molar-refractivity contribution in [2.75, 3.05) is 0 Å². The summed E-state index contributed by atoms with van der Waals surface area (Å²) >= 11 is 1.69. The fourth-order valence-electron chi connectivity index (χ4n) is 4.26. The van der Waals surface area contributed by atoms with E-state index in [4.69, 9.17) is 0 Å². The molecule has 0 radical (unpaired) electrons. The van der Waals surface area contributed by atoms with E-state index in [2.05, 4.69) is 67.8 Å². The molecular formula is C25H23N5O2S. The van der Waals surface area contributed by atoms with Crippen molar-refractivity contribution in [3.05, 3.63) is 88.1 Å². The molecule has 0 amide bonds. The van der Waals surface area contributed by atoms with Crippen LogP contribution in [0.3, 0.4) is 0 Å². The molecule has 5 aromatic rings. The highest BCUT2D eigenvalue weighted by atomic mass is 32.1. The molecule has 2 N–H and O–H groups in total. The number of aromatic amines is 1.